The minimum Gasteiger partial charge on any atom is -0.488 e. The first-order valence-electron chi connectivity index (χ1n) is 5.65. The lowest BCUT2D eigenvalue weighted by atomic mass is 10.4. The van der Waals surface area contributed by atoms with E-state index in [1.165, 1.54) is 0 Å². The molecule has 0 spiro atoms. The van der Waals surface area contributed by atoms with E-state index < -0.39 is 0 Å². The van der Waals surface area contributed by atoms with Crippen LogP contribution >= 0.6 is 0 Å². The van der Waals surface area contributed by atoms with Gasteiger partial charge in [-0.3, -0.25) is 0 Å². The van der Waals surface area contributed by atoms with Crippen LogP contribution in [0.15, 0.2) is 24.5 Å². The highest BCUT2D eigenvalue weighted by molar-refractivity contribution is 5.54. The fourth-order valence-electron chi connectivity index (χ4n) is 1.59. The average molecular weight is 234 g/mol. The largest absolute Gasteiger partial charge is 0.488 e. The van der Waals surface area contributed by atoms with Crippen LogP contribution in [-0.4, -0.2) is 41.5 Å². The first kappa shape index (κ1) is 11.9. The number of aromatic nitrogens is 2. The summed E-state index contributed by atoms with van der Waals surface area (Å²) in [6.45, 7) is 1.97. The van der Waals surface area contributed by atoms with Crippen LogP contribution in [0.2, 0.25) is 0 Å². The molecule has 0 atom stereocenters. The average Bonchev–Trinajstić information content (AvgIpc) is 2.72. The molecule has 0 aromatic carbocycles. The Kier molecular flexibility index (Phi) is 3.61. The number of hydrogen-bond donors (Lipinski definition) is 1. The number of hydrogen-bond acceptors (Lipinski definition) is 4. The first-order chi connectivity index (χ1) is 8.20. The van der Waals surface area contributed by atoms with Crippen LogP contribution in [-0.2, 0) is 6.54 Å². The third-order valence-electron chi connectivity index (χ3n) is 2.50. The monoisotopic (exact) mass is 234 g/mol. The molecule has 2 aromatic heterocycles. The fourth-order valence-corrected chi connectivity index (χ4v) is 1.59. The molecule has 0 saturated heterocycles. The zero-order chi connectivity index (χ0) is 12.3. The van der Waals surface area contributed by atoms with E-state index >= 15 is 0 Å². The second-order valence-corrected chi connectivity index (χ2v) is 4.19. The summed E-state index contributed by atoms with van der Waals surface area (Å²) in [6.07, 6.45) is 3.87. The Balaban J connectivity index is 2.18. The first-order valence-corrected chi connectivity index (χ1v) is 5.65. The summed E-state index contributed by atoms with van der Waals surface area (Å²) < 4.78 is 7.66. The van der Waals surface area contributed by atoms with Crippen molar-refractivity contribution in [1.29, 1.82) is 0 Å². The van der Waals surface area contributed by atoms with E-state index in [1.807, 2.05) is 43.0 Å². The molecule has 2 aromatic rings. The number of fused-ring (bicyclic) bond motifs is 1. The maximum atomic E-state index is 5.72. The van der Waals surface area contributed by atoms with E-state index in [4.69, 9.17) is 10.5 Å². The molecule has 0 saturated carbocycles. The minimum absolute atomic E-state index is 0.443. The highest BCUT2D eigenvalue weighted by atomic mass is 16.5. The third-order valence-corrected chi connectivity index (χ3v) is 2.50. The molecule has 0 unspecified atom stereocenters. The van der Waals surface area contributed by atoms with Gasteiger partial charge in [-0.15, -0.1) is 0 Å². The number of imidazole rings is 1. The molecule has 2 rings (SSSR count). The smallest absolute Gasteiger partial charge is 0.179 e. The van der Waals surface area contributed by atoms with E-state index in [0.717, 1.165) is 23.6 Å². The summed E-state index contributed by atoms with van der Waals surface area (Å²) in [5.74, 6) is 0.800. The molecule has 17 heavy (non-hydrogen) atoms. The van der Waals surface area contributed by atoms with Crippen molar-refractivity contribution in [2.75, 3.05) is 27.2 Å². The van der Waals surface area contributed by atoms with E-state index in [1.54, 1.807) is 0 Å². The SMILES string of the molecule is CN(C)CCOc1cccn2cc(CN)nc12. The predicted octanol–water partition coefficient (Wildman–Crippen LogP) is 0.733. The number of nitrogens with two attached hydrogens (primary N) is 1. The van der Waals surface area contributed by atoms with Gasteiger partial charge in [0.25, 0.3) is 0 Å². The summed E-state index contributed by atoms with van der Waals surface area (Å²) in [5, 5.41) is 0. The molecule has 0 aliphatic heterocycles. The van der Waals surface area contributed by atoms with Crippen LogP contribution in [0.4, 0.5) is 0 Å². The Morgan fingerprint density at radius 1 is 1.47 bits per heavy atom. The van der Waals surface area contributed by atoms with Crippen LogP contribution in [0.5, 0.6) is 5.75 Å². The predicted molar refractivity (Wildman–Crippen MR) is 67.1 cm³/mol. The summed E-state index contributed by atoms with van der Waals surface area (Å²) in [7, 11) is 4.04. The Morgan fingerprint density at radius 3 is 3.00 bits per heavy atom. The summed E-state index contributed by atoms with van der Waals surface area (Å²) >= 11 is 0. The van der Waals surface area contributed by atoms with Crippen LogP contribution in [0.3, 0.4) is 0 Å². The van der Waals surface area contributed by atoms with Gasteiger partial charge < -0.3 is 19.8 Å². The molecule has 5 heteroatoms. The van der Waals surface area contributed by atoms with Crippen LogP contribution in [0.25, 0.3) is 5.65 Å². The van der Waals surface area contributed by atoms with Gasteiger partial charge in [0.1, 0.15) is 6.61 Å². The number of ether oxygens (including phenoxy) is 1. The summed E-state index contributed by atoms with van der Waals surface area (Å²) in [4.78, 5) is 6.51. The van der Waals surface area contributed by atoms with Gasteiger partial charge >= 0.3 is 0 Å². The van der Waals surface area contributed by atoms with Gasteiger partial charge in [-0.1, -0.05) is 0 Å². The number of nitrogens with zero attached hydrogens (tertiary/aromatic N) is 3. The van der Waals surface area contributed by atoms with E-state index in [2.05, 4.69) is 9.88 Å². The molecule has 0 amide bonds. The van der Waals surface area contributed by atoms with Gasteiger partial charge in [-0.05, 0) is 26.2 Å². The number of pyridine rings is 1. The zero-order valence-corrected chi connectivity index (χ0v) is 10.3. The van der Waals surface area contributed by atoms with Crippen molar-refractivity contribution in [1.82, 2.24) is 14.3 Å². The maximum absolute atomic E-state index is 5.72. The molecule has 0 aliphatic rings. The minimum atomic E-state index is 0.443. The third kappa shape index (κ3) is 2.75. The van der Waals surface area contributed by atoms with Crippen LogP contribution in [0.1, 0.15) is 5.69 Å². The standard InChI is InChI=1S/C12H18N4O/c1-15(2)6-7-17-11-4-3-5-16-9-10(8-13)14-12(11)16/h3-5,9H,6-8,13H2,1-2H3. The fraction of sp³-hybridized carbons (Fsp3) is 0.417. The second-order valence-electron chi connectivity index (χ2n) is 4.19. The molecule has 0 radical (unpaired) electrons. The van der Waals surface area contributed by atoms with E-state index in [0.29, 0.717) is 13.2 Å². The molecular weight excluding hydrogens is 216 g/mol. The summed E-state index contributed by atoms with van der Waals surface area (Å²) in [5.41, 5.74) is 7.28. The Bertz CT molecular complexity index is 492. The van der Waals surface area contributed by atoms with Crippen LogP contribution in [0, 0.1) is 0 Å². The van der Waals surface area contributed by atoms with Crippen molar-refractivity contribution >= 4 is 5.65 Å². The van der Waals surface area contributed by atoms with Gasteiger partial charge in [0.05, 0.1) is 5.69 Å². The number of likely N-dealkylation sites (N-methyl/N-ethyl adjacent to an activating group) is 1. The van der Waals surface area contributed by atoms with Gasteiger partial charge in [0, 0.05) is 25.5 Å². The molecule has 2 N–H and O–H groups in total. The van der Waals surface area contributed by atoms with Gasteiger partial charge in [-0.25, -0.2) is 4.98 Å². The number of rotatable bonds is 5. The van der Waals surface area contributed by atoms with Crippen molar-refractivity contribution in [2.45, 2.75) is 6.54 Å². The Morgan fingerprint density at radius 2 is 2.29 bits per heavy atom. The quantitative estimate of drug-likeness (QED) is 0.828. The molecule has 0 bridgehead atoms. The highest BCUT2D eigenvalue weighted by Crippen LogP contribution is 2.18. The Labute approximate surface area is 101 Å². The molecular formula is C12H18N4O. The molecule has 2 heterocycles. The maximum Gasteiger partial charge on any atom is 0.179 e. The highest BCUT2D eigenvalue weighted by Gasteiger charge is 2.06. The van der Waals surface area contributed by atoms with Crippen molar-refractivity contribution in [3.8, 4) is 5.75 Å². The normalized spacial score (nSPS) is 11.3. The zero-order valence-electron chi connectivity index (χ0n) is 10.3. The molecule has 92 valence electrons. The second kappa shape index (κ2) is 5.16. The lowest BCUT2D eigenvalue weighted by Crippen LogP contribution is -2.19. The lowest BCUT2D eigenvalue weighted by Gasteiger charge is -2.11. The van der Waals surface area contributed by atoms with E-state index in [9.17, 15) is 0 Å². The van der Waals surface area contributed by atoms with Crippen molar-refractivity contribution < 1.29 is 4.74 Å². The van der Waals surface area contributed by atoms with Gasteiger partial charge in [-0.2, -0.15) is 0 Å². The Hall–Kier alpha value is -1.59. The van der Waals surface area contributed by atoms with Crippen molar-refractivity contribution in [3.63, 3.8) is 0 Å². The molecule has 0 aliphatic carbocycles. The van der Waals surface area contributed by atoms with Crippen LogP contribution < -0.4 is 10.5 Å². The summed E-state index contributed by atoms with van der Waals surface area (Å²) in [6, 6.07) is 3.87. The van der Waals surface area contributed by atoms with Gasteiger partial charge in [0.2, 0.25) is 0 Å². The topological polar surface area (TPSA) is 55.8 Å². The van der Waals surface area contributed by atoms with Gasteiger partial charge in [0.15, 0.2) is 11.4 Å². The molecule has 0 fully saturated rings. The van der Waals surface area contributed by atoms with Crippen molar-refractivity contribution in [2.24, 2.45) is 5.73 Å². The molecule has 5 nitrogen and oxygen atoms in total. The lowest BCUT2D eigenvalue weighted by molar-refractivity contribution is 0.262. The van der Waals surface area contributed by atoms with E-state index in [-0.39, 0.29) is 0 Å². The van der Waals surface area contributed by atoms with Crippen molar-refractivity contribution in [3.05, 3.63) is 30.2 Å².